The average molecular weight is 287 g/mol. The summed E-state index contributed by atoms with van der Waals surface area (Å²) in [6.07, 6.45) is 0.893. The van der Waals surface area contributed by atoms with Gasteiger partial charge in [-0.2, -0.15) is 0 Å². The van der Waals surface area contributed by atoms with Crippen LogP contribution in [0.5, 0.6) is 5.75 Å². The number of carbonyl (C=O) groups is 1. The number of nitrogens with zero attached hydrogens (tertiary/aromatic N) is 1. The van der Waals surface area contributed by atoms with E-state index in [0.29, 0.717) is 18.8 Å². The molecule has 4 nitrogen and oxygen atoms in total. The molecule has 1 atom stereocenters. The maximum Gasteiger partial charge on any atom is 0.347 e. The summed E-state index contributed by atoms with van der Waals surface area (Å²) in [6, 6.07) is 9.69. The summed E-state index contributed by atoms with van der Waals surface area (Å²) in [5.74, 6) is 0.312. The lowest BCUT2D eigenvalue weighted by Gasteiger charge is -2.18. The first kappa shape index (κ1) is 15.3. The SMILES string of the molecule is CCCC(Oc1cccc2ccc(C)nc12)C(=O)OCC. The van der Waals surface area contributed by atoms with Crippen LogP contribution in [0.2, 0.25) is 0 Å². The molecular formula is C17H21NO3. The Morgan fingerprint density at radius 1 is 1.24 bits per heavy atom. The number of aryl methyl sites for hydroxylation is 1. The Morgan fingerprint density at radius 2 is 2.05 bits per heavy atom. The maximum atomic E-state index is 12.0. The lowest BCUT2D eigenvalue weighted by Crippen LogP contribution is -2.29. The zero-order valence-corrected chi connectivity index (χ0v) is 12.8. The van der Waals surface area contributed by atoms with E-state index in [9.17, 15) is 4.79 Å². The summed E-state index contributed by atoms with van der Waals surface area (Å²) in [6.45, 7) is 6.10. The second kappa shape index (κ2) is 7.07. The second-order valence-electron chi connectivity index (χ2n) is 4.93. The highest BCUT2D eigenvalue weighted by Crippen LogP contribution is 2.25. The number of aromatic nitrogens is 1. The van der Waals surface area contributed by atoms with Crippen LogP contribution in [0.3, 0.4) is 0 Å². The largest absolute Gasteiger partial charge is 0.476 e. The highest BCUT2D eigenvalue weighted by molar-refractivity contribution is 5.85. The minimum Gasteiger partial charge on any atom is -0.476 e. The first-order valence-corrected chi connectivity index (χ1v) is 7.35. The molecule has 1 aromatic heterocycles. The van der Waals surface area contributed by atoms with Gasteiger partial charge in [0, 0.05) is 11.1 Å². The van der Waals surface area contributed by atoms with E-state index in [1.165, 1.54) is 0 Å². The van der Waals surface area contributed by atoms with E-state index in [1.54, 1.807) is 6.92 Å². The molecule has 0 fully saturated rings. The number of pyridine rings is 1. The van der Waals surface area contributed by atoms with Crippen molar-refractivity contribution in [2.45, 2.75) is 39.7 Å². The summed E-state index contributed by atoms with van der Waals surface area (Å²) in [7, 11) is 0. The van der Waals surface area contributed by atoms with E-state index < -0.39 is 6.10 Å². The van der Waals surface area contributed by atoms with Gasteiger partial charge < -0.3 is 9.47 Å². The van der Waals surface area contributed by atoms with Crippen molar-refractivity contribution in [3.05, 3.63) is 36.0 Å². The summed E-state index contributed by atoms with van der Waals surface area (Å²) in [5.41, 5.74) is 1.70. The van der Waals surface area contributed by atoms with Crippen LogP contribution in [-0.4, -0.2) is 23.7 Å². The topological polar surface area (TPSA) is 48.4 Å². The number of esters is 1. The first-order chi connectivity index (χ1) is 10.2. The van der Waals surface area contributed by atoms with Crippen molar-refractivity contribution >= 4 is 16.9 Å². The van der Waals surface area contributed by atoms with Crippen LogP contribution >= 0.6 is 0 Å². The predicted molar refractivity (Wildman–Crippen MR) is 82.4 cm³/mol. The summed E-state index contributed by atoms with van der Waals surface area (Å²) in [5, 5.41) is 0.997. The van der Waals surface area contributed by atoms with Gasteiger partial charge >= 0.3 is 5.97 Å². The molecule has 0 aliphatic carbocycles. The minimum atomic E-state index is -0.581. The number of hydrogen-bond acceptors (Lipinski definition) is 4. The smallest absolute Gasteiger partial charge is 0.347 e. The van der Waals surface area contributed by atoms with Crippen LogP contribution in [-0.2, 0) is 9.53 Å². The maximum absolute atomic E-state index is 12.0. The van der Waals surface area contributed by atoms with Crippen LogP contribution in [0.1, 0.15) is 32.4 Å². The zero-order valence-electron chi connectivity index (χ0n) is 12.8. The van der Waals surface area contributed by atoms with Crippen molar-refractivity contribution in [2.75, 3.05) is 6.61 Å². The molecule has 0 aliphatic rings. The molecule has 0 radical (unpaired) electrons. The van der Waals surface area contributed by atoms with Crippen molar-refractivity contribution in [1.82, 2.24) is 4.98 Å². The van der Waals surface area contributed by atoms with Crippen LogP contribution in [0, 0.1) is 6.92 Å². The van der Waals surface area contributed by atoms with Gasteiger partial charge in [0.25, 0.3) is 0 Å². The fourth-order valence-corrected chi connectivity index (χ4v) is 2.19. The lowest BCUT2D eigenvalue weighted by molar-refractivity contribution is -0.151. The molecule has 0 saturated carbocycles. The van der Waals surface area contributed by atoms with Crippen molar-refractivity contribution in [3.8, 4) is 5.75 Å². The molecule has 0 saturated heterocycles. The molecule has 21 heavy (non-hydrogen) atoms. The van der Waals surface area contributed by atoms with Gasteiger partial charge in [-0.05, 0) is 32.4 Å². The number of rotatable bonds is 6. The van der Waals surface area contributed by atoms with E-state index >= 15 is 0 Å². The fourth-order valence-electron chi connectivity index (χ4n) is 2.19. The molecule has 2 aromatic rings. The Hall–Kier alpha value is -2.10. The zero-order chi connectivity index (χ0) is 15.2. The van der Waals surface area contributed by atoms with Crippen LogP contribution in [0.15, 0.2) is 30.3 Å². The molecule has 0 amide bonds. The van der Waals surface area contributed by atoms with Gasteiger partial charge in [0.1, 0.15) is 11.3 Å². The van der Waals surface area contributed by atoms with Crippen LogP contribution in [0.25, 0.3) is 10.9 Å². The first-order valence-electron chi connectivity index (χ1n) is 7.35. The number of carbonyl (C=O) groups excluding carboxylic acids is 1. The third kappa shape index (κ3) is 3.72. The standard InChI is InChI=1S/C17H21NO3/c1-4-7-15(17(19)20-5-2)21-14-9-6-8-13-11-10-12(3)18-16(13)14/h6,8-11,15H,4-5,7H2,1-3H3. The molecule has 2 rings (SSSR count). The van der Waals surface area contributed by atoms with Crippen molar-refractivity contribution in [1.29, 1.82) is 0 Å². The normalized spacial score (nSPS) is 12.1. The van der Waals surface area contributed by atoms with Gasteiger partial charge in [0.2, 0.25) is 0 Å². The molecule has 4 heteroatoms. The van der Waals surface area contributed by atoms with Gasteiger partial charge in [-0.15, -0.1) is 0 Å². The van der Waals surface area contributed by atoms with Gasteiger partial charge in [-0.3, -0.25) is 0 Å². The van der Waals surface area contributed by atoms with E-state index in [1.807, 2.05) is 44.2 Å². The van der Waals surface area contributed by atoms with Crippen molar-refractivity contribution in [3.63, 3.8) is 0 Å². The third-order valence-corrected chi connectivity index (χ3v) is 3.19. The second-order valence-corrected chi connectivity index (χ2v) is 4.93. The Bertz CT molecular complexity index is 624. The number of benzene rings is 1. The number of fused-ring (bicyclic) bond motifs is 1. The third-order valence-electron chi connectivity index (χ3n) is 3.19. The fraction of sp³-hybridized carbons (Fsp3) is 0.412. The number of ether oxygens (including phenoxy) is 2. The van der Waals surface area contributed by atoms with Gasteiger partial charge in [0.05, 0.1) is 6.61 Å². The van der Waals surface area contributed by atoms with E-state index in [0.717, 1.165) is 23.0 Å². The van der Waals surface area contributed by atoms with Crippen molar-refractivity contribution < 1.29 is 14.3 Å². The summed E-state index contributed by atoms with van der Waals surface area (Å²) >= 11 is 0. The highest BCUT2D eigenvalue weighted by Gasteiger charge is 2.21. The van der Waals surface area contributed by atoms with E-state index in [2.05, 4.69) is 4.98 Å². The van der Waals surface area contributed by atoms with Crippen molar-refractivity contribution in [2.24, 2.45) is 0 Å². The Morgan fingerprint density at radius 3 is 2.76 bits per heavy atom. The van der Waals surface area contributed by atoms with Gasteiger partial charge in [0.15, 0.2) is 6.10 Å². The summed E-state index contributed by atoms with van der Waals surface area (Å²) in [4.78, 5) is 16.5. The highest BCUT2D eigenvalue weighted by atomic mass is 16.6. The number of para-hydroxylation sites is 1. The van der Waals surface area contributed by atoms with Crippen LogP contribution < -0.4 is 4.74 Å². The molecule has 0 aliphatic heterocycles. The summed E-state index contributed by atoms with van der Waals surface area (Å²) < 4.78 is 11.0. The van der Waals surface area contributed by atoms with Gasteiger partial charge in [-0.1, -0.05) is 31.5 Å². The number of hydrogen-bond donors (Lipinski definition) is 0. The van der Waals surface area contributed by atoms with Gasteiger partial charge in [-0.25, -0.2) is 9.78 Å². The molecule has 1 unspecified atom stereocenters. The van der Waals surface area contributed by atoms with E-state index in [4.69, 9.17) is 9.47 Å². The average Bonchev–Trinajstić information content (AvgIpc) is 2.47. The predicted octanol–water partition coefficient (Wildman–Crippen LogP) is 3.65. The quantitative estimate of drug-likeness (QED) is 0.761. The minimum absolute atomic E-state index is 0.316. The molecule has 0 N–H and O–H groups in total. The molecule has 1 aromatic carbocycles. The molecular weight excluding hydrogens is 266 g/mol. The molecule has 0 bridgehead atoms. The Labute approximate surface area is 125 Å². The molecule has 0 spiro atoms. The Kier molecular flexibility index (Phi) is 5.14. The van der Waals surface area contributed by atoms with E-state index in [-0.39, 0.29) is 5.97 Å². The lowest BCUT2D eigenvalue weighted by atomic mass is 10.1. The Balaban J connectivity index is 2.31. The van der Waals surface area contributed by atoms with Crippen LogP contribution in [0.4, 0.5) is 0 Å². The monoisotopic (exact) mass is 287 g/mol. The molecule has 1 heterocycles. The molecule has 112 valence electrons.